The van der Waals surface area contributed by atoms with Gasteiger partial charge >= 0.3 is 0 Å². The number of carbonyl (C=O) groups is 2. The third-order valence-corrected chi connectivity index (χ3v) is 9.75. The molecule has 4 heterocycles. The Bertz CT molecular complexity index is 2450. The molecular formula is C42H49ClF4N12O2. The van der Waals surface area contributed by atoms with Crippen LogP contribution in [0.1, 0.15) is 86.5 Å². The molecule has 0 fully saturated rings. The Labute approximate surface area is 356 Å². The first-order chi connectivity index (χ1) is 28.8. The van der Waals surface area contributed by atoms with E-state index in [0.29, 0.717) is 30.6 Å². The molecule has 0 amide bonds. The van der Waals surface area contributed by atoms with E-state index in [1.54, 1.807) is 36.4 Å². The molecule has 6 rings (SSSR count). The number of ketones is 2. The Balaban J connectivity index is 0.000000236. The lowest BCUT2D eigenvalue weighted by Gasteiger charge is -2.23. The fraction of sp³-hybridized carbons (Fsp3) is 0.333. The molecule has 0 aliphatic carbocycles. The zero-order valence-corrected chi connectivity index (χ0v) is 35.4. The number of nitrogens with two attached hydrogens (primary N) is 3. The van der Waals surface area contributed by atoms with Gasteiger partial charge in [0.25, 0.3) is 0 Å². The summed E-state index contributed by atoms with van der Waals surface area (Å²) >= 11 is 5.65. The van der Waals surface area contributed by atoms with Crippen LogP contribution in [0.25, 0.3) is 23.0 Å². The lowest BCUT2D eigenvalue weighted by molar-refractivity contribution is 0.0995. The second-order valence-corrected chi connectivity index (χ2v) is 15.1. The first kappa shape index (κ1) is 47.7. The maximum atomic E-state index is 14.2. The Morgan fingerprint density at radius 2 is 1.15 bits per heavy atom. The average Bonchev–Trinajstić information content (AvgIpc) is 3.86. The first-order valence-electron chi connectivity index (χ1n) is 19.1. The van der Waals surface area contributed by atoms with Crippen molar-refractivity contribution in [1.29, 1.82) is 0 Å². The Kier molecular flexibility index (Phi) is 16.5. The zero-order valence-electron chi connectivity index (χ0n) is 34.7. The maximum absolute atomic E-state index is 14.2. The molecule has 2 unspecified atom stereocenters. The molecule has 2 atom stereocenters. The number of benzene rings is 2. The smallest absolute Gasteiger partial charge is 0.183 e. The molecule has 7 N–H and O–H groups in total. The minimum Gasteiger partial charge on any atom is -0.366 e. The number of hydrogen-bond donors (Lipinski definition) is 4. The van der Waals surface area contributed by atoms with Crippen molar-refractivity contribution in [2.24, 2.45) is 17.2 Å². The third kappa shape index (κ3) is 13.3. The highest BCUT2D eigenvalue weighted by molar-refractivity contribution is 6.29. The van der Waals surface area contributed by atoms with Crippen LogP contribution in [0, 0.1) is 23.3 Å². The van der Waals surface area contributed by atoms with E-state index in [1.165, 1.54) is 47.5 Å². The van der Waals surface area contributed by atoms with Crippen molar-refractivity contribution in [3.8, 4) is 23.0 Å². The number of aromatic nitrogens is 8. The van der Waals surface area contributed by atoms with Gasteiger partial charge in [-0.1, -0.05) is 61.8 Å². The van der Waals surface area contributed by atoms with Gasteiger partial charge in [0.15, 0.2) is 45.8 Å². The number of nitrogens with zero attached hydrogens (tertiary/aromatic N) is 8. The van der Waals surface area contributed by atoms with Crippen LogP contribution in [0.3, 0.4) is 0 Å². The molecule has 6 aromatic rings. The molecule has 14 nitrogen and oxygen atoms in total. The summed E-state index contributed by atoms with van der Waals surface area (Å²) in [7, 11) is 0. The van der Waals surface area contributed by atoms with E-state index in [4.69, 9.17) is 28.8 Å². The predicted molar refractivity (Wildman–Crippen MR) is 226 cm³/mol. The van der Waals surface area contributed by atoms with E-state index in [9.17, 15) is 27.2 Å². The lowest BCUT2D eigenvalue weighted by atomic mass is 10.0. The monoisotopic (exact) mass is 864 g/mol. The number of carbonyl (C=O) groups excluding carboxylic acids is 2. The number of nitrogens with one attached hydrogen (secondary N) is 1. The molecule has 0 bridgehead atoms. The number of halogens is 5. The highest BCUT2D eigenvalue weighted by Crippen LogP contribution is 2.23. The van der Waals surface area contributed by atoms with Gasteiger partial charge in [-0.05, 0) is 51.0 Å². The van der Waals surface area contributed by atoms with Crippen LogP contribution >= 0.6 is 11.6 Å². The van der Waals surface area contributed by atoms with Crippen LogP contribution in [0.15, 0.2) is 73.1 Å². The summed E-state index contributed by atoms with van der Waals surface area (Å²) in [4.78, 5) is 39.7. The summed E-state index contributed by atoms with van der Waals surface area (Å²) in [6.45, 7) is 11.6. The minimum absolute atomic E-state index is 0.00171. The Morgan fingerprint density at radius 3 is 1.54 bits per heavy atom. The second kappa shape index (κ2) is 21.0. The van der Waals surface area contributed by atoms with Gasteiger partial charge in [-0.2, -0.15) is 10.2 Å². The number of hydrogen-bond acceptors (Lipinski definition) is 12. The average molecular weight is 865 g/mol. The van der Waals surface area contributed by atoms with Crippen molar-refractivity contribution in [3.63, 3.8) is 0 Å². The summed E-state index contributed by atoms with van der Waals surface area (Å²) in [6, 6.07) is 15.4. The van der Waals surface area contributed by atoms with E-state index < -0.39 is 28.8 Å². The van der Waals surface area contributed by atoms with Gasteiger partial charge in [0.2, 0.25) is 0 Å². The van der Waals surface area contributed by atoms with Gasteiger partial charge in [-0.3, -0.25) is 19.0 Å². The first-order valence-corrected chi connectivity index (χ1v) is 19.5. The van der Waals surface area contributed by atoms with E-state index in [-0.39, 0.29) is 75.6 Å². The summed E-state index contributed by atoms with van der Waals surface area (Å²) in [5, 5.41) is 11.2. The minimum atomic E-state index is -0.752. The maximum Gasteiger partial charge on any atom is 0.183 e. The second-order valence-electron chi connectivity index (χ2n) is 14.7. The zero-order chi connectivity index (χ0) is 45.1. The molecular weight excluding hydrogens is 816 g/mol. The standard InChI is InChI=1S/C21H24F2N6O.C16H11ClF2N4O.C5H14N2/c1-4-21(3,24)12-26-19-16(23)10-25-20(27-19)17-9-18(13(2)30)29(28-17)11-14-7-5-6-8-15(14)22;1-9(24)14-6-13(16-20-7-12(19)15(17)21-16)22-23(14)8-10-4-2-3-5-11(10)18;1-3-5(2,7)4-6/h5-10H,4,11-12,24H2,1-3H3,(H,25,26,27);2-7H,8H2,1H3;3-4,6-7H2,1-2H3. The molecule has 2 aromatic carbocycles. The molecule has 0 aliphatic heterocycles. The largest absolute Gasteiger partial charge is 0.366 e. The third-order valence-electron chi connectivity index (χ3n) is 9.48. The number of rotatable bonds is 14. The highest BCUT2D eigenvalue weighted by atomic mass is 35.5. The fourth-order valence-corrected chi connectivity index (χ4v) is 5.20. The summed E-state index contributed by atoms with van der Waals surface area (Å²) < 4.78 is 58.0. The predicted octanol–water partition coefficient (Wildman–Crippen LogP) is 7.00. The molecule has 0 radical (unpaired) electrons. The quantitative estimate of drug-likeness (QED) is 0.0495. The van der Waals surface area contributed by atoms with Crippen LogP contribution in [0.2, 0.25) is 5.15 Å². The fourth-order valence-electron chi connectivity index (χ4n) is 5.08. The van der Waals surface area contributed by atoms with Gasteiger partial charge in [0, 0.05) is 49.1 Å². The number of Topliss-reactive ketones (excluding diaryl/α,β-unsaturated/α-hetero) is 2. The highest BCUT2D eigenvalue weighted by Gasteiger charge is 2.21. The van der Waals surface area contributed by atoms with Crippen molar-refractivity contribution in [2.75, 3.05) is 18.4 Å². The van der Waals surface area contributed by atoms with Crippen LogP contribution < -0.4 is 22.5 Å². The van der Waals surface area contributed by atoms with E-state index in [2.05, 4.69) is 35.5 Å². The summed E-state index contributed by atoms with van der Waals surface area (Å²) in [5.74, 6) is -2.44. The molecule has 19 heteroatoms. The van der Waals surface area contributed by atoms with Crippen molar-refractivity contribution < 1.29 is 27.2 Å². The van der Waals surface area contributed by atoms with Crippen LogP contribution in [-0.2, 0) is 13.1 Å². The van der Waals surface area contributed by atoms with Gasteiger partial charge in [-0.15, -0.1) is 0 Å². The van der Waals surface area contributed by atoms with E-state index in [1.807, 2.05) is 27.7 Å². The van der Waals surface area contributed by atoms with Crippen molar-refractivity contribution in [3.05, 3.63) is 124 Å². The van der Waals surface area contributed by atoms with Crippen LogP contribution in [0.5, 0.6) is 0 Å². The van der Waals surface area contributed by atoms with Crippen LogP contribution in [0.4, 0.5) is 23.4 Å². The summed E-state index contributed by atoms with van der Waals surface area (Å²) in [5.41, 5.74) is 18.1. The van der Waals surface area contributed by atoms with Crippen LogP contribution in [-0.4, -0.2) is 75.2 Å². The van der Waals surface area contributed by atoms with E-state index >= 15 is 0 Å². The van der Waals surface area contributed by atoms with Gasteiger partial charge in [0.05, 0.1) is 25.5 Å². The topological polar surface area (TPSA) is 211 Å². The molecule has 0 saturated carbocycles. The number of anilines is 1. The van der Waals surface area contributed by atoms with Gasteiger partial charge in [0.1, 0.15) is 34.4 Å². The molecule has 0 aliphatic rings. The summed E-state index contributed by atoms with van der Waals surface area (Å²) in [6.07, 6.45) is 3.60. The molecule has 324 valence electrons. The van der Waals surface area contributed by atoms with Crippen molar-refractivity contribution in [2.45, 2.75) is 78.6 Å². The molecule has 4 aromatic heterocycles. The molecule has 61 heavy (non-hydrogen) atoms. The van der Waals surface area contributed by atoms with Gasteiger partial charge in [-0.25, -0.2) is 37.5 Å². The molecule has 0 spiro atoms. The van der Waals surface area contributed by atoms with Gasteiger partial charge < -0.3 is 22.5 Å². The molecule has 0 saturated heterocycles. The SMILES string of the molecule is CC(=O)c1cc(-c2ncc(F)c(Cl)n2)nn1Cc1ccccc1F.CCC(C)(N)CN.CCC(C)(N)CNc1nc(-c2cc(C(C)=O)n(Cc3ccccc3F)n2)ncc1F. The lowest BCUT2D eigenvalue weighted by Crippen LogP contribution is -2.42. The van der Waals surface area contributed by atoms with Crippen molar-refractivity contribution in [1.82, 2.24) is 39.5 Å². The Morgan fingerprint density at radius 1 is 0.705 bits per heavy atom. The Hall–Kier alpha value is -5.95. The van der Waals surface area contributed by atoms with Crippen molar-refractivity contribution >= 4 is 29.0 Å². The van der Waals surface area contributed by atoms with E-state index in [0.717, 1.165) is 18.8 Å². The normalized spacial score (nSPS) is 12.9.